The summed E-state index contributed by atoms with van der Waals surface area (Å²) in [6, 6.07) is 14.6. The van der Waals surface area contributed by atoms with Crippen LogP contribution in [0.2, 0.25) is 0 Å². The van der Waals surface area contributed by atoms with E-state index in [-0.39, 0.29) is 6.29 Å². The van der Waals surface area contributed by atoms with Crippen LogP contribution in [0.5, 0.6) is 0 Å². The van der Waals surface area contributed by atoms with Gasteiger partial charge in [0.2, 0.25) is 0 Å². The van der Waals surface area contributed by atoms with Crippen LogP contribution in [0.1, 0.15) is 20.3 Å². The zero-order valence-corrected chi connectivity index (χ0v) is 15.5. The molecule has 0 aliphatic carbocycles. The Balaban J connectivity index is 1.76. The van der Waals surface area contributed by atoms with Gasteiger partial charge in [0.05, 0.1) is 10.2 Å². The number of fused-ring (bicyclic) bond motifs is 1. The van der Waals surface area contributed by atoms with Crippen LogP contribution in [0.3, 0.4) is 0 Å². The average molecular weight is 356 g/mol. The van der Waals surface area contributed by atoms with Crippen LogP contribution in [0.4, 0.5) is 5.82 Å². The van der Waals surface area contributed by atoms with Crippen molar-refractivity contribution in [2.45, 2.75) is 26.6 Å². The molecule has 0 unspecified atom stereocenters. The summed E-state index contributed by atoms with van der Waals surface area (Å²) >= 11 is 1.73. The molecule has 25 heavy (non-hydrogen) atoms. The third-order valence-electron chi connectivity index (χ3n) is 3.89. The summed E-state index contributed by atoms with van der Waals surface area (Å²) in [5.41, 5.74) is 3.45. The first-order valence-electron chi connectivity index (χ1n) is 8.72. The third-order valence-corrected chi connectivity index (χ3v) is 4.82. The van der Waals surface area contributed by atoms with Crippen molar-refractivity contribution in [3.63, 3.8) is 0 Å². The van der Waals surface area contributed by atoms with Crippen molar-refractivity contribution in [3.05, 3.63) is 47.8 Å². The average Bonchev–Trinajstić information content (AvgIpc) is 3.11. The van der Waals surface area contributed by atoms with Gasteiger partial charge in [0.15, 0.2) is 6.29 Å². The Morgan fingerprint density at radius 3 is 2.56 bits per heavy atom. The quantitative estimate of drug-likeness (QED) is 0.538. The van der Waals surface area contributed by atoms with Gasteiger partial charge in [0.1, 0.15) is 5.82 Å². The van der Waals surface area contributed by atoms with Gasteiger partial charge in [-0.15, -0.1) is 11.3 Å². The molecule has 0 fully saturated rings. The van der Waals surface area contributed by atoms with Crippen molar-refractivity contribution in [1.82, 2.24) is 4.98 Å². The van der Waals surface area contributed by atoms with Gasteiger partial charge in [-0.05, 0) is 36.9 Å². The van der Waals surface area contributed by atoms with Crippen LogP contribution in [0.25, 0.3) is 21.3 Å². The van der Waals surface area contributed by atoms with Gasteiger partial charge in [0.25, 0.3) is 0 Å². The molecule has 0 saturated carbocycles. The summed E-state index contributed by atoms with van der Waals surface area (Å²) in [5, 5.41) is 5.51. The number of hydrogen-bond donors (Lipinski definition) is 1. The maximum Gasteiger partial charge on any atom is 0.159 e. The fraction of sp³-hybridized carbons (Fsp3) is 0.350. The summed E-state index contributed by atoms with van der Waals surface area (Å²) in [5.74, 6) is 0.886. The standard InChI is InChI=1S/C20H24N2O2S/c1-3-23-19(24-4-2)10-12-21-18-14-16(15-8-6-5-7-9-15)20-17(22-18)11-13-25-20/h5-9,11,13-14,19H,3-4,10,12H2,1-2H3,(H,21,22). The van der Waals surface area contributed by atoms with E-state index in [9.17, 15) is 0 Å². The fourth-order valence-corrected chi connectivity index (χ4v) is 3.65. The van der Waals surface area contributed by atoms with Crippen LogP contribution < -0.4 is 5.32 Å². The number of hydrogen-bond acceptors (Lipinski definition) is 5. The first-order valence-corrected chi connectivity index (χ1v) is 9.60. The second-order valence-electron chi connectivity index (χ2n) is 5.61. The van der Waals surface area contributed by atoms with Crippen molar-refractivity contribution >= 4 is 27.4 Å². The highest BCUT2D eigenvalue weighted by molar-refractivity contribution is 7.17. The van der Waals surface area contributed by atoms with Crippen molar-refractivity contribution in [3.8, 4) is 11.1 Å². The molecule has 0 spiro atoms. The molecule has 0 aliphatic rings. The predicted molar refractivity (Wildman–Crippen MR) is 105 cm³/mol. The largest absolute Gasteiger partial charge is 0.370 e. The summed E-state index contributed by atoms with van der Waals surface area (Å²) in [6.07, 6.45) is 0.618. The molecule has 0 atom stereocenters. The molecule has 2 heterocycles. The summed E-state index contributed by atoms with van der Waals surface area (Å²) < 4.78 is 12.4. The van der Waals surface area contributed by atoms with Gasteiger partial charge in [-0.2, -0.15) is 0 Å². The van der Waals surface area contributed by atoms with Crippen LogP contribution in [0, 0.1) is 0 Å². The monoisotopic (exact) mass is 356 g/mol. The zero-order valence-electron chi connectivity index (χ0n) is 14.7. The molecule has 5 heteroatoms. The van der Waals surface area contributed by atoms with E-state index in [1.54, 1.807) is 11.3 Å². The van der Waals surface area contributed by atoms with E-state index < -0.39 is 0 Å². The number of aromatic nitrogens is 1. The number of anilines is 1. The van der Waals surface area contributed by atoms with Gasteiger partial charge in [-0.25, -0.2) is 4.98 Å². The molecular weight excluding hydrogens is 332 g/mol. The van der Waals surface area contributed by atoms with E-state index in [4.69, 9.17) is 14.5 Å². The number of nitrogens with zero attached hydrogens (tertiary/aromatic N) is 1. The molecule has 0 amide bonds. The van der Waals surface area contributed by atoms with E-state index in [0.717, 1.165) is 24.3 Å². The molecule has 1 aromatic carbocycles. The molecule has 4 nitrogen and oxygen atoms in total. The SMILES string of the molecule is CCOC(CCNc1cc(-c2ccccc2)c2sccc2n1)OCC. The smallest absolute Gasteiger partial charge is 0.159 e. The number of nitrogens with one attached hydrogen (secondary N) is 1. The number of benzene rings is 1. The Morgan fingerprint density at radius 1 is 1.08 bits per heavy atom. The minimum Gasteiger partial charge on any atom is -0.370 e. The second-order valence-corrected chi connectivity index (χ2v) is 6.53. The first kappa shape index (κ1) is 17.9. The Bertz CT molecular complexity index is 783. The second kappa shape index (κ2) is 8.94. The molecule has 1 N–H and O–H groups in total. The molecule has 2 aromatic heterocycles. The highest BCUT2D eigenvalue weighted by atomic mass is 32.1. The zero-order chi connectivity index (χ0) is 17.5. The predicted octanol–water partition coefficient (Wildman–Crippen LogP) is 5.16. The highest BCUT2D eigenvalue weighted by Crippen LogP contribution is 2.33. The maximum absolute atomic E-state index is 5.59. The topological polar surface area (TPSA) is 43.4 Å². The molecule has 3 rings (SSSR count). The third kappa shape index (κ3) is 4.57. The minimum atomic E-state index is -0.166. The lowest BCUT2D eigenvalue weighted by atomic mass is 10.1. The van der Waals surface area contributed by atoms with Crippen LogP contribution >= 0.6 is 11.3 Å². The molecule has 0 bridgehead atoms. The summed E-state index contributed by atoms with van der Waals surface area (Å²) in [4.78, 5) is 4.73. The van der Waals surface area contributed by atoms with Crippen molar-refractivity contribution in [2.75, 3.05) is 25.1 Å². The fourth-order valence-electron chi connectivity index (χ4n) is 2.78. The molecule has 132 valence electrons. The van der Waals surface area contributed by atoms with E-state index in [0.29, 0.717) is 13.2 Å². The van der Waals surface area contributed by atoms with Crippen LogP contribution in [-0.2, 0) is 9.47 Å². The number of thiophene rings is 1. The summed E-state index contributed by atoms with van der Waals surface area (Å²) in [6.45, 7) is 6.03. The number of rotatable bonds is 9. The van der Waals surface area contributed by atoms with Gasteiger partial charge < -0.3 is 14.8 Å². The molecular formula is C20H24N2O2S. The van der Waals surface area contributed by atoms with E-state index in [1.165, 1.54) is 15.8 Å². The number of ether oxygens (including phenoxy) is 2. The Hall–Kier alpha value is -1.95. The first-order chi connectivity index (χ1) is 12.3. The normalized spacial score (nSPS) is 11.3. The van der Waals surface area contributed by atoms with Gasteiger partial charge >= 0.3 is 0 Å². The van der Waals surface area contributed by atoms with Crippen molar-refractivity contribution in [1.29, 1.82) is 0 Å². The van der Waals surface area contributed by atoms with Gasteiger partial charge in [-0.3, -0.25) is 0 Å². The Labute approximate surface area is 152 Å². The van der Waals surface area contributed by atoms with Crippen LogP contribution in [-0.4, -0.2) is 31.0 Å². The van der Waals surface area contributed by atoms with E-state index in [2.05, 4.69) is 47.1 Å². The van der Waals surface area contributed by atoms with E-state index in [1.807, 2.05) is 19.9 Å². The van der Waals surface area contributed by atoms with Crippen LogP contribution in [0.15, 0.2) is 47.8 Å². The Kier molecular flexibility index (Phi) is 6.39. The highest BCUT2D eigenvalue weighted by Gasteiger charge is 2.11. The van der Waals surface area contributed by atoms with E-state index >= 15 is 0 Å². The lowest BCUT2D eigenvalue weighted by Gasteiger charge is -2.17. The lowest BCUT2D eigenvalue weighted by Crippen LogP contribution is -2.21. The summed E-state index contributed by atoms with van der Waals surface area (Å²) in [7, 11) is 0. The van der Waals surface area contributed by atoms with Gasteiger partial charge in [0, 0.05) is 31.7 Å². The van der Waals surface area contributed by atoms with Gasteiger partial charge in [-0.1, -0.05) is 30.3 Å². The van der Waals surface area contributed by atoms with Crippen molar-refractivity contribution < 1.29 is 9.47 Å². The maximum atomic E-state index is 5.59. The molecule has 0 radical (unpaired) electrons. The molecule has 0 saturated heterocycles. The lowest BCUT2D eigenvalue weighted by molar-refractivity contribution is -0.137. The Morgan fingerprint density at radius 2 is 1.84 bits per heavy atom. The van der Waals surface area contributed by atoms with Crippen molar-refractivity contribution in [2.24, 2.45) is 0 Å². The molecule has 3 aromatic rings. The molecule has 0 aliphatic heterocycles. The number of pyridine rings is 1. The minimum absolute atomic E-state index is 0.166.